The van der Waals surface area contributed by atoms with Gasteiger partial charge in [0, 0.05) is 19.3 Å². The lowest BCUT2D eigenvalue weighted by Gasteiger charge is -2.24. The SMILES string of the molecule is N#CCCC(C#N)(CCC(=O)O)CCC(=O)O. The molecule has 0 amide bonds. The zero-order chi connectivity index (χ0) is 13.3. The fourth-order valence-electron chi connectivity index (χ4n) is 1.53. The molecule has 0 aliphatic rings. The molecule has 0 aliphatic heterocycles. The van der Waals surface area contributed by atoms with Crippen molar-refractivity contribution in [1.29, 1.82) is 10.5 Å². The van der Waals surface area contributed by atoms with E-state index in [0.29, 0.717) is 0 Å². The predicted molar refractivity (Wildman–Crippen MR) is 56.6 cm³/mol. The van der Waals surface area contributed by atoms with Crippen LogP contribution in [0.3, 0.4) is 0 Å². The maximum absolute atomic E-state index is 10.5. The van der Waals surface area contributed by atoms with E-state index in [9.17, 15) is 9.59 Å². The smallest absolute Gasteiger partial charge is 0.303 e. The molecule has 0 saturated carbocycles. The second-order valence-corrected chi connectivity index (χ2v) is 3.84. The Bertz CT molecular complexity index is 347. The first-order chi connectivity index (χ1) is 7.95. The molecule has 2 N–H and O–H groups in total. The highest BCUT2D eigenvalue weighted by atomic mass is 16.4. The molecular formula is C11H14N2O4. The van der Waals surface area contributed by atoms with Gasteiger partial charge in [0.05, 0.1) is 17.6 Å². The van der Waals surface area contributed by atoms with E-state index in [0.717, 1.165) is 0 Å². The van der Waals surface area contributed by atoms with E-state index in [2.05, 4.69) is 0 Å². The van der Waals surface area contributed by atoms with Crippen LogP contribution in [-0.2, 0) is 9.59 Å². The van der Waals surface area contributed by atoms with Gasteiger partial charge in [0.15, 0.2) is 0 Å². The Morgan fingerprint density at radius 1 is 1.00 bits per heavy atom. The van der Waals surface area contributed by atoms with Crippen LogP contribution in [0.5, 0.6) is 0 Å². The molecule has 0 fully saturated rings. The molecule has 0 bridgehead atoms. The van der Waals surface area contributed by atoms with Crippen molar-refractivity contribution in [3.8, 4) is 12.1 Å². The summed E-state index contributed by atoms with van der Waals surface area (Å²) < 4.78 is 0. The van der Waals surface area contributed by atoms with Crippen LogP contribution in [0.2, 0.25) is 0 Å². The lowest BCUT2D eigenvalue weighted by molar-refractivity contribution is -0.137. The van der Waals surface area contributed by atoms with Gasteiger partial charge in [-0.15, -0.1) is 0 Å². The fraction of sp³-hybridized carbons (Fsp3) is 0.636. The summed E-state index contributed by atoms with van der Waals surface area (Å²) in [5.74, 6) is -2.06. The molecule has 17 heavy (non-hydrogen) atoms. The molecule has 0 unspecified atom stereocenters. The number of carboxylic acid groups (broad SMARTS) is 2. The van der Waals surface area contributed by atoms with E-state index in [1.165, 1.54) is 0 Å². The molecule has 6 heteroatoms. The van der Waals surface area contributed by atoms with Gasteiger partial charge in [0.25, 0.3) is 0 Å². The molecule has 0 rings (SSSR count). The summed E-state index contributed by atoms with van der Waals surface area (Å²) >= 11 is 0. The molecule has 92 valence electrons. The maximum Gasteiger partial charge on any atom is 0.303 e. The molecule has 0 radical (unpaired) electrons. The van der Waals surface area contributed by atoms with E-state index in [1.807, 2.05) is 12.1 Å². The molecule has 6 nitrogen and oxygen atoms in total. The lowest BCUT2D eigenvalue weighted by atomic mass is 9.77. The highest BCUT2D eigenvalue weighted by Gasteiger charge is 2.30. The van der Waals surface area contributed by atoms with Gasteiger partial charge in [0.1, 0.15) is 0 Å². The van der Waals surface area contributed by atoms with Crippen molar-refractivity contribution in [2.75, 3.05) is 0 Å². The van der Waals surface area contributed by atoms with Gasteiger partial charge in [0.2, 0.25) is 0 Å². The van der Waals surface area contributed by atoms with Gasteiger partial charge >= 0.3 is 11.9 Å². The van der Waals surface area contributed by atoms with Gasteiger partial charge in [-0.3, -0.25) is 9.59 Å². The molecule has 0 aliphatic carbocycles. The first kappa shape index (κ1) is 14.9. The topological polar surface area (TPSA) is 122 Å². The van der Waals surface area contributed by atoms with Crippen molar-refractivity contribution in [3.05, 3.63) is 0 Å². The number of aliphatic carboxylic acids is 2. The second-order valence-electron chi connectivity index (χ2n) is 3.84. The average molecular weight is 238 g/mol. The molecule has 0 saturated heterocycles. The van der Waals surface area contributed by atoms with Gasteiger partial charge in [-0.1, -0.05) is 0 Å². The Kier molecular flexibility index (Phi) is 6.35. The van der Waals surface area contributed by atoms with Gasteiger partial charge < -0.3 is 10.2 Å². The van der Waals surface area contributed by atoms with Crippen LogP contribution in [0, 0.1) is 28.1 Å². The van der Waals surface area contributed by atoms with Crippen LogP contribution in [0.15, 0.2) is 0 Å². The quantitative estimate of drug-likeness (QED) is 0.661. The summed E-state index contributed by atoms with van der Waals surface area (Å²) in [5, 5.41) is 34.7. The zero-order valence-electron chi connectivity index (χ0n) is 9.35. The van der Waals surface area contributed by atoms with Gasteiger partial charge in [-0.25, -0.2) is 0 Å². The predicted octanol–water partition coefficient (Wildman–Crippen LogP) is 1.53. The number of carboxylic acids is 2. The zero-order valence-corrected chi connectivity index (χ0v) is 9.35. The van der Waals surface area contributed by atoms with Crippen LogP contribution in [0.25, 0.3) is 0 Å². The fourth-order valence-corrected chi connectivity index (χ4v) is 1.53. The highest BCUT2D eigenvalue weighted by molar-refractivity contribution is 5.67. The normalized spacial score (nSPS) is 10.2. The van der Waals surface area contributed by atoms with Gasteiger partial charge in [-0.05, 0) is 19.3 Å². The Labute approximate surface area is 99.1 Å². The average Bonchev–Trinajstić information content (AvgIpc) is 2.28. The molecule has 0 heterocycles. The molecule has 0 aromatic carbocycles. The monoisotopic (exact) mass is 238 g/mol. The summed E-state index contributed by atoms with van der Waals surface area (Å²) in [6, 6.07) is 3.87. The van der Waals surface area contributed by atoms with E-state index in [1.54, 1.807) is 0 Å². The van der Waals surface area contributed by atoms with Crippen molar-refractivity contribution in [2.24, 2.45) is 5.41 Å². The number of hydrogen-bond acceptors (Lipinski definition) is 4. The van der Waals surface area contributed by atoms with E-state index in [4.69, 9.17) is 20.7 Å². The van der Waals surface area contributed by atoms with Crippen molar-refractivity contribution in [1.82, 2.24) is 0 Å². The van der Waals surface area contributed by atoms with Crippen LogP contribution in [0.4, 0.5) is 0 Å². The first-order valence-corrected chi connectivity index (χ1v) is 5.17. The van der Waals surface area contributed by atoms with Crippen LogP contribution in [-0.4, -0.2) is 22.2 Å². The lowest BCUT2D eigenvalue weighted by Crippen LogP contribution is -2.21. The van der Waals surface area contributed by atoms with Crippen LogP contribution < -0.4 is 0 Å². The summed E-state index contributed by atoms with van der Waals surface area (Å²) in [5.41, 5.74) is -1.02. The number of rotatable bonds is 8. The van der Waals surface area contributed by atoms with Crippen LogP contribution in [0.1, 0.15) is 38.5 Å². The molecule has 0 aromatic rings. The Morgan fingerprint density at radius 2 is 1.47 bits per heavy atom. The first-order valence-electron chi connectivity index (χ1n) is 5.17. The molecule has 0 aromatic heterocycles. The second kappa shape index (κ2) is 7.24. The third-order valence-corrected chi connectivity index (χ3v) is 2.59. The Balaban J connectivity index is 4.63. The van der Waals surface area contributed by atoms with Crippen molar-refractivity contribution >= 4 is 11.9 Å². The van der Waals surface area contributed by atoms with Crippen LogP contribution >= 0.6 is 0 Å². The van der Waals surface area contributed by atoms with Gasteiger partial charge in [-0.2, -0.15) is 10.5 Å². The number of nitrogens with zero attached hydrogens (tertiary/aromatic N) is 2. The number of carbonyl (C=O) groups is 2. The van der Waals surface area contributed by atoms with E-state index in [-0.39, 0.29) is 38.5 Å². The van der Waals surface area contributed by atoms with E-state index >= 15 is 0 Å². The standard InChI is InChI=1S/C11H14N2O4/c12-7-1-4-11(8-13,5-2-9(14)15)6-3-10(16)17/h1-6H2,(H,14,15)(H,16,17). The molecular weight excluding hydrogens is 224 g/mol. The third kappa shape index (κ3) is 6.16. The summed E-state index contributed by atoms with van der Waals surface area (Å²) in [6.07, 6.45) is 0.0894. The van der Waals surface area contributed by atoms with Crippen molar-refractivity contribution in [3.63, 3.8) is 0 Å². The van der Waals surface area contributed by atoms with E-state index < -0.39 is 17.4 Å². The minimum Gasteiger partial charge on any atom is -0.481 e. The maximum atomic E-state index is 10.5. The summed E-state index contributed by atoms with van der Waals surface area (Å²) in [6.45, 7) is 0. The molecule has 0 atom stereocenters. The van der Waals surface area contributed by atoms with Crippen molar-refractivity contribution in [2.45, 2.75) is 38.5 Å². The molecule has 0 spiro atoms. The number of hydrogen-bond donors (Lipinski definition) is 2. The summed E-state index contributed by atoms with van der Waals surface area (Å²) in [4.78, 5) is 21.0. The Hall–Kier alpha value is -2.08. The minimum absolute atomic E-state index is 0.0772. The third-order valence-electron chi connectivity index (χ3n) is 2.59. The largest absolute Gasteiger partial charge is 0.481 e. The van der Waals surface area contributed by atoms with Crippen molar-refractivity contribution < 1.29 is 19.8 Å². The number of nitriles is 2. The Morgan fingerprint density at radius 3 is 1.76 bits per heavy atom. The minimum atomic E-state index is -1.03. The summed E-state index contributed by atoms with van der Waals surface area (Å²) in [7, 11) is 0. The highest BCUT2D eigenvalue weighted by Crippen LogP contribution is 2.34.